The zero-order valence-electron chi connectivity index (χ0n) is 11.8. The van der Waals surface area contributed by atoms with Gasteiger partial charge in [0.25, 0.3) is 0 Å². The minimum atomic E-state index is -0.163. The number of likely N-dealkylation sites (tertiary alicyclic amines) is 1. The third kappa shape index (κ3) is 2.85. The molecular formula is C14H27NO. The molecule has 2 heteroatoms. The minimum Gasteiger partial charge on any atom is -0.299 e. The van der Waals surface area contributed by atoms with Gasteiger partial charge in [-0.1, -0.05) is 13.8 Å². The average molecular weight is 225 g/mol. The summed E-state index contributed by atoms with van der Waals surface area (Å²) in [7, 11) is 0. The van der Waals surface area contributed by atoms with Gasteiger partial charge in [0.05, 0.1) is 0 Å². The Morgan fingerprint density at radius 1 is 1.19 bits per heavy atom. The SMILES string of the molecule is CC(=O)C(C)(C)C1CCCN(C(C)(C)C)C1. The van der Waals surface area contributed by atoms with Crippen LogP contribution < -0.4 is 0 Å². The summed E-state index contributed by atoms with van der Waals surface area (Å²) >= 11 is 0. The fourth-order valence-electron chi connectivity index (χ4n) is 2.46. The van der Waals surface area contributed by atoms with Gasteiger partial charge >= 0.3 is 0 Å². The smallest absolute Gasteiger partial charge is 0.135 e. The summed E-state index contributed by atoms with van der Waals surface area (Å²) in [6.45, 7) is 15.0. The van der Waals surface area contributed by atoms with E-state index in [2.05, 4.69) is 39.5 Å². The quantitative estimate of drug-likeness (QED) is 0.719. The Labute approximate surface area is 100 Å². The van der Waals surface area contributed by atoms with Crippen LogP contribution in [-0.2, 0) is 4.79 Å². The Bertz CT molecular complexity index is 262. The lowest BCUT2D eigenvalue weighted by atomic mass is 9.71. The van der Waals surface area contributed by atoms with Crippen molar-refractivity contribution in [1.82, 2.24) is 4.90 Å². The molecule has 0 bridgehead atoms. The van der Waals surface area contributed by atoms with Crippen LogP contribution in [-0.4, -0.2) is 29.3 Å². The number of rotatable bonds is 2. The zero-order chi connectivity index (χ0) is 12.6. The summed E-state index contributed by atoms with van der Waals surface area (Å²) in [6, 6.07) is 0. The summed E-state index contributed by atoms with van der Waals surface area (Å²) < 4.78 is 0. The molecule has 0 saturated carbocycles. The van der Waals surface area contributed by atoms with Gasteiger partial charge < -0.3 is 0 Å². The van der Waals surface area contributed by atoms with Crippen molar-refractivity contribution in [3.63, 3.8) is 0 Å². The van der Waals surface area contributed by atoms with E-state index in [9.17, 15) is 4.79 Å². The van der Waals surface area contributed by atoms with Gasteiger partial charge in [-0.3, -0.25) is 9.69 Å². The molecule has 0 amide bonds. The molecule has 0 radical (unpaired) electrons. The first-order valence-electron chi connectivity index (χ1n) is 6.42. The minimum absolute atomic E-state index is 0.163. The van der Waals surface area contributed by atoms with Gasteiger partial charge in [-0.15, -0.1) is 0 Å². The molecule has 0 aromatic rings. The van der Waals surface area contributed by atoms with E-state index in [0.717, 1.165) is 6.54 Å². The summed E-state index contributed by atoms with van der Waals surface area (Å²) in [5, 5.41) is 0. The molecule has 1 aliphatic heterocycles. The largest absolute Gasteiger partial charge is 0.299 e. The molecule has 94 valence electrons. The highest BCUT2D eigenvalue weighted by molar-refractivity contribution is 5.81. The van der Waals surface area contributed by atoms with Crippen LogP contribution in [0.1, 0.15) is 54.4 Å². The third-order valence-corrected chi connectivity index (χ3v) is 4.30. The molecule has 0 aromatic heterocycles. The zero-order valence-corrected chi connectivity index (χ0v) is 11.8. The van der Waals surface area contributed by atoms with E-state index >= 15 is 0 Å². The predicted octanol–water partition coefficient (Wildman–Crippen LogP) is 3.11. The molecule has 0 spiro atoms. The van der Waals surface area contributed by atoms with Crippen LogP contribution >= 0.6 is 0 Å². The van der Waals surface area contributed by atoms with Crippen LogP contribution in [0.4, 0.5) is 0 Å². The summed E-state index contributed by atoms with van der Waals surface area (Å²) in [6.07, 6.45) is 2.41. The molecule has 1 fully saturated rings. The van der Waals surface area contributed by atoms with Crippen LogP contribution in [0.15, 0.2) is 0 Å². The van der Waals surface area contributed by atoms with Crippen LogP contribution in [0.25, 0.3) is 0 Å². The number of Topliss-reactive ketones (excluding diaryl/α,β-unsaturated/α-hetero) is 1. The van der Waals surface area contributed by atoms with Crippen LogP contribution in [0.2, 0.25) is 0 Å². The fourth-order valence-corrected chi connectivity index (χ4v) is 2.46. The maximum Gasteiger partial charge on any atom is 0.135 e. The van der Waals surface area contributed by atoms with Crippen molar-refractivity contribution in [2.75, 3.05) is 13.1 Å². The van der Waals surface area contributed by atoms with Crippen LogP contribution in [0.5, 0.6) is 0 Å². The lowest BCUT2D eigenvalue weighted by molar-refractivity contribution is -0.129. The topological polar surface area (TPSA) is 20.3 Å². The van der Waals surface area contributed by atoms with Crippen molar-refractivity contribution in [2.45, 2.75) is 59.9 Å². The number of piperidine rings is 1. The Kier molecular flexibility index (Phi) is 3.83. The van der Waals surface area contributed by atoms with Gasteiger partial charge in [0.1, 0.15) is 5.78 Å². The van der Waals surface area contributed by atoms with E-state index < -0.39 is 0 Å². The Balaban J connectivity index is 2.75. The first kappa shape index (κ1) is 13.7. The van der Waals surface area contributed by atoms with E-state index in [4.69, 9.17) is 0 Å². The second-order valence-electron chi connectivity index (χ2n) is 6.73. The molecule has 0 N–H and O–H groups in total. The Hall–Kier alpha value is -0.370. The number of carbonyl (C=O) groups is 1. The molecule has 1 saturated heterocycles. The molecule has 1 atom stereocenters. The molecule has 1 heterocycles. The van der Waals surface area contributed by atoms with Crippen molar-refractivity contribution >= 4 is 5.78 Å². The highest BCUT2D eigenvalue weighted by atomic mass is 16.1. The number of hydrogen-bond acceptors (Lipinski definition) is 2. The fraction of sp³-hybridized carbons (Fsp3) is 0.929. The number of ketones is 1. The first-order chi connectivity index (χ1) is 7.15. The van der Waals surface area contributed by atoms with Gasteiger partial charge in [0, 0.05) is 17.5 Å². The molecular weight excluding hydrogens is 198 g/mol. The monoisotopic (exact) mass is 225 g/mol. The van der Waals surface area contributed by atoms with Gasteiger partial charge in [-0.05, 0) is 53.0 Å². The maximum absolute atomic E-state index is 11.7. The molecule has 0 aliphatic carbocycles. The van der Waals surface area contributed by atoms with Crippen LogP contribution in [0.3, 0.4) is 0 Å². The van der Waals surface area contributed by atoms with Crippen molar-refractivity contribution < 1.29 is 4.79 Å². The lowest BCUT2D eigenvalue weighted by Gasteiger charge is -2.45. The third-order valence-electron chi connectivity index (χ3n) is 4.30. The maximum atomic E-state index is 11.7. The number of nitrogens with zero attached hydrogens (tertiary/aromatic N) is 1. The van der Waals surface area contributed by atoms with Gasteiger partial charge in [-0.2, -0.15) is 0 Å². The molecule has 2 nitrogen and oxygen atoms in total. The van der Waals surface area contributed by atoms with E-state index in [0.29, 0.717) is 11.7 Å². The number of hydrogen-bond donors (Lipinski definition) is 0. The predicted molar refractivity (Wildman–Crippen MR) is 68.5 cm³/mol. The molecule has 16 heavy (non-hydrogen) atoms. The molecule has 1 rings (SSSR count). The lowest BCUT2D eigenvalue weighted by Crippen LogP contribution is -2.51. The van der Waals surface area contributed by atoms with Gasteiger partial charge in [-0.25, -0.2) is 0 Å². The van der Waals surface area contributed by atoms with E-state index in [-0.39, 0.29) is 11.0 Å². The van der Waals surface area contributed by atoms with E-state index in [1.54, 1.807) is 6.92 Å². The van der Waals surface area contributed by atoms with Gasteiger partial charge in [0.2, 0.25) is 0 Å². The highest BCUT2D eigenvalue weighted by Crippen LogP contribution is 2.36. The second kappa shape index (κ2) is 4.48. The van der Waals surface area contributed by atoms with Gasteiger partial charge in [0.15, 0.2) is 0 Å². The van der Waals surface area contributed by atoms with Crippen molar-refractivity contribution in [2.24, 2.45) is 11.3 Å². The normalized spacial score (nSPS) is 24.5. The summed E-state index contributed by atoms with van der Waals surface area (Å²) in [4.78, 5) is 14.2. The highest BCUT2D eigenvalue weighted by Gasteiger charge is 2.38. The van der Waals surface area contributed by atoms with Crippen molar-refractivity contribution in [3.05, 3.63) is 0 Å². The molecule has 0 aromatic carbocycles. The molecule has 1 aliphatic rings. The van der Waals surface area contributed by atoms with Crippen molar-refractivity contribution in [1.29, 1.82) is 0 Å². The van der Waals surface area contributed by atoms with Crippen LogP contribution in [0, 0.1) is 11.3 Å². The number of carbonyl (C=O) groups excluding carboxylic acids is 1. The molecule has 1 unspecified atom stereocenters. The summed E-state index contributed by atoms with van der Waals surface area (Å²) in [5.41, 5.74) is 0.0649. The second-order valence-corrected chi connectivity index (χ2v) is 6.73. The van der Waals surface area contributed by atoms with E-state index in [1.165, 1.54) is 19.4 Å². The first-order valence-corrected chi connectivity index (χ1v) is 6.42. The summed E-state index contributed by atoms with van der Waals surface area (Å²) in [5.74, 6) is 0.839. The Morgan fingerprint density at radius 2 is 1.75 bits per heavy atom. The standard InChI is InChI=1S/C14H27NO/c1-11(16)14(5,6)12-8-7-9-15(10-12)13(2,3)4/h12H,7-10H2,1-6H3. The average Bonchev–Trinajstić information content (AvgIpc) is 2.16. The Morgan fingerprint density at radius 3 is 2.19 bits per heavy atom. The van der Waals surface area contributed by atoms with Crippen molar-refractivity contribution in [3.8, 4) is 0 Å². The van der Waals surface area contributed by atoms with E-state index in [1.807, 2.05) is 0 Å².